The smallest absolute Gasteiger partial charge is 0.338 e. The molecule has 0 aliphatic heterocycles. The van der Waals surface area contributed by atoms with Crippen LogP contribution >= 0.6 is 0 Å². The number of benzene rings is 1. The van der Waals surface area contributed by atoms with E-state index in [0.29, 0.717) is 17.7 Å². The van der Waals surface area contributed by atoms with E-state index in [2.05, 4.69) is 4.98 Å². The molecule has 0 atom stereocenters. The standard InChI is InChI=1S/C14H13NO3/c1-7-5-10-8-3-4-12(16)13(8)15-11(10)6-9(7)14(17)18-2/h5-6,15H,3-4H2,1-2H3. The van der Waals surface area contributed by atoms with Gasteiger partial charge in [-0.2, -0.15) is 0 Å². The van der Waals surface area contributed by atoms with Gasteiger partial charge in [0.2, 0.25) is 0 Å². The quantitative estimate of drug-likeness (QED) is 0.782. The van der Waals surface area contributed by atoms with Crippen LogP contribution in [0.1, 0.15) is 38.4 Å². The monoisotopic (exact) mass is 243 g/mol. The van der Waals surface area contributed by atoms with Gasteiger partial charge in [-0.05, 0) is 36.6 Å². The highest BCUT2D eigenvalue weighted by atomic mass is 16.5. The highest BCUT2D eigenvalue weighted by Crippen LogP contribution is 2.31. The minimum Gasteiger partial charge on any atom is -0.465 e. The summed E-state index contributed by atoms with van der Waals surface area (Å²) >= 11 is 0. The summed E-state index contributed by atoms with van der Waals surface area (Å²) in [6.07, 6.45) is 1.36. The molecular formula is C14H13NO3. The van der Waals surface area contributed by atoms with Crippen LogP contribution in [-0.2, 0) is 11.2 Å². The lowest BCUT2D eigenvalue weighted by molar-refractivity contribution is 0.0600. The highest BCUT2D eigenvalue weighted by Gasteiger charge is 2.25. The molecule has 0 amide bonds. The minimum atomic E-state index is -0.351. The van der Waals surface area contributed by atoms with Gasteiger partial charge >= 0.3 is 5.97 Å². The summed E-state index contributed by atoms with van der Waals surface area (Å²) in [5.74, 6) is -0.200. The first-order valence-electron chi connectivity index (χ1n) is 5.88. The number of hydrogen-bond donors (Lipinski definition) is 1. The zero-order valence-corrected chi connectivity index (χ0v) is 10.3. The van der Waals surface area contributed by atoms with Crippen molar-refractivity contribution in [3.63, 3.8) is 0 Å². The van der Waals surface area contributed by atoms with Crippen molar-refractivity contribution in [2.45, 2.75) is 19.8 Å². The number of ether oxygens (including phenoxy) is 1. The summed E-state index contributed by atoms with van der Waals surface area (Å²) in [6.45, 7) is 1.88. The first-order valence-corrected chi connectivity index (χ1v) is 5.88. The number of nitrogens with one attached hydrogen (secondary N) is 1. The second-order valence-electron chi connectivity index (χ2n) is 4.61. The number of methoxy groups -OCH3 is 1. The van der Waals surface area contributed by atoms with Gasteiger partial charge in [0, 0.05) is 17.3 Å². The van der Waals surface area contributed by atoms with Crippen LogP contribution in [0.15, 0.2) is 12.1 Å². The van der Waals surface area contributed by atoms with E-state index < -0.39 is 0 Å². The van der Waals surface area contributed by atoms with Gasteiger partial charge in [0.25, 0.3) is 0 Å². The lowest BCUT2D eigenvalue weighted by Crippen LogP contribution is -2.03. The van der Waals surface area contributed by atoms with Gasteiger partial charge < -0.3 is 9.72 Å². The van der Waals surface area contributed by atoms with Gasteiger partial charge in [-0.25, -0.2) is 4.79 Å². The number of esters is 1. The third-order valence-electron chi connectivity index (χ3n) is 3.54. The molecule has 1 aliphatic carbocycles. The third-order valence-corrected chi connectivity index (χ3v) is 3.54. The van der Waals surface area contributed by atoms with Crippen LogP contribution in [0.2, 0.25) is 0 Å². The largest absolute Gasteiger partial charge is 0.465 e. The van der Waals surface area contributed by atoms with Crippen LogP contribution < -0.4 is 0 Å². The van der Waals surface area contributed by atoms with Crippen LogP contribution in [0.4, 0.5) is 0 Å². The van der Waals surface area contributed by atoms with E-state index in [0.717, 1.165) is 28.5 Å². The van der Waals surface area contributed by atoms with Gasteiger partial charge in [0.05, 0.1) is 18.4 Å². The molecule has 92 valence electrons. The number of hydrogen-bond acceptors (Lipinski definition) is 3. The van der Waals surface area contributed by atoms with Crippen molar-refractivity contribution in [3.8, 4) is 0 Å². The Labute approximate surface area is 104 Å². The fraction of sp³-hybridized carbons (Fsp3) is 0.286. The molecule has 18 heavy (non-hydrogen) atoms. The summed E-state index contributed by atoms with van der Waals surface area (Å²) in [5, 5.41) is 1.04. The topological polar surface area (TPSA) is 59.2 Å². The van der Waals surface area contributed by atoms with Crippen LogP contribution in [0.3, 0.4) is 0 Å². The van der Waals surface area contributed by atoms with E-state index in [1.54, 1.807) is 6.07 Å². The maximum Gasteiger partial charge on any atom is 0.338 e. The Kier molecular flexibility index (Phi) is 2.26. The molecular weight excluding hydrogens is 230 g/mol. The molecule has 3 rings (SSSR count). The molecule has 4 heteroatoms. The van der Waals surface area contributed by atoms with Gasteiger partial charge in [0.1, 0.15) is 0 Å². The number of carbonyl (C=O) groups is 2. The summed E-state index contributed by atoms with van der Waals surface area (Å²) in [5.41, 5.74) is 4.02. The number of aryl methyl sites for hydroxylation is 2. The minimum absolute atomic E-state index is 0.151. The Balaban J connectivity index is 2.26. The SMILES string of the molecule is COC(=O)c1cc2[nH]c3c(c2cc1C)CCC3=O. The van der Waals surface area contributed by atoms with E-state index in [1.165, 1.54) is 7.11 Å². The van der Waals surface area contributed by atoms with Crippen molar-refractivity contribution < 1.29 is 14.3 Å². The Morgan fingerprint density at radius 2 is 2.11 bits per heavy atom. The molecule has 0 fully saturated rings. The van der Waals surface area contributed by atoms with Gasteiger partial charge in [-0.1, -0.05) is 0 Å². The van der Waals surface area contributed by atoms with Crippen LogP contribution in [0, 0.1) is 6.92 Å². The van der Waals surface area contributed by atoms with Crippen molar-refractivity contribution in [1.82, 2.24) is 4.98 Å². The van der Waals surface area contributed by atoms with Gasteiger partial charge in [0.15, 0.2) is 5.78 Å². The van der Waals surface area contributed by atoms with Crippen molar-refractivity contribution in [3.05, 3.63) is 34.5 Å². The van der Waals surface area contributed by atoms with E-state index in [-0.39, 0.29) is 11.8 Å². The molecule has 0 saturated heterocycles. The molecule has 1 N–H and O–H groups in total. The van der Waals surface area contributed by atoms with Crippen molar-refractivity contribution in [1.29, 1.82) is 0 Å². The maximum absolute atomic E-state index is 11.7. The number of Topliss-reactive ketones (excluding diaryl/α,β-unsaturated/α-hetero) is 1. The number of aromatic amines is 1. The Bertz CT molecular complexity index is 682. The van der Waals surface area contributed by atoms with Gasteiger partial charge in [-0.3, -0.25) is 4.79 Å². The molecule has 0 saturated carbocycles. The number of ketones is 1. The molecule has 1 aliphatic rings. The first kappa shape index (κ1) is 11.0. The number of carbonyl (C=O) groups excluding carboxylic acids is 2. The average molecular weight is 243 g/mol. The van der Waals surface area contributed by atoms with E-state index in [4.69, 9.17) is 4.74 Å². The molecule has 2 aromatic rings. The second kappa shape index (κ2) is 3.70. The van der Waals surface area contributed by atoms with E-state index in [9.17, 15) is 9.59 Å². The van der Waals surface area contributed by atoms with Crippen molar-refractivity contribution in [2.24, 2.45) is 0 Å². The highest BCUT2D eigenvalue weighted by molar-refractivity contribution is 6.07. The lowest BCUT2D eigenvalue weighted by atomic mass is 10.0. The average Bonchev–Trinajstić information content (AvgIpc) is 2.88. The summed E-state index contributed by atoms with van der Waals surface area (Å²) in [7, 11) is 1.37. The fourth-order valence-corrected chi connectivity index (χ4v) is 2.60. The molecule has 0 bridgehead atoms. The normalized spacial score (nSPS) is 14.0. The van der Waals surface area contributed by atoms with Crippen LogP contribution in [0.25, 0.3) is 10.9 Å². The predicted molar refractivity (Wildman–Crippen MR) is 67.0 cm³/mol. The first-order chi connectivity index (χ1) is 8.61. The number of aromatic nitrogens is 1. The third kappa shape index (κ3) is 1.38. The fourth-order valence-electron chi connectivity index (χ4n) is 2.60. The molecule has 1 aromatic heterocycles. The molecule has 4 nitrogen and oxygen atoms in total. The summed E-state index contributed by atoms with van der Waals surface area (Å²) in [6, 6.07) is 3.72. The Hall–Kier alpha value is -2.10. The zero-order valence-electron chi connectivity index (χ0n) is 10.3. The zero-order chi connectivity index (χ0) is 12.9. The van der Waals surface area contributed by atoms with Crippen molar-refractivity contribution >= 4 is 22.7 Å². The molecule has 1 aromatic carbocycles. The molecule has 0 spiro atoms. The van der Waals surface area contributed by atoms with Gasteiger partial charge in [-0.15, -0.1) is 0 Å². The lowest BCUT2D eigenvalue weighted by Gasteiger charge is -2.04. The number of fused-ring (bicyclic) bond motifs is 3. The van der Waals surface area contributed by atoms with Crippen molar-refractivity contribution in [2.75, 3.05) is 7.11 Å². The van der Waals surface area contributed by atoms with Crippen LogP contribution in [0.5, 0.6) is 0 Å². The van der Waals surface area contributed by atoms with E-state index >= 15 is 0 Å². The molecule has 1 heterocycles. The number of rotatable bonds is 1. The second-order valence-corrected chi connectivity index (χ2v) is 4.61. The van der Waals surface area contributed by atoms with E-state index in [1.807, 2.05) is 13.0 Å². The Morgan fingerprint density at radius 3 is 2.83 bits per heavy atom. The summed E-state index contributed by atoms with van der Waals surface area (Å²) in [4.78, 5) is 26.4. The predicted octanol–water partition coefficient (Wildman–Crippen LogP) is 2.39. The maximum atomic E-state index is 11.7. The van der Waals surface area contributed by atoms with Crippen LogP contribution in [-0.4, -0.2) is 23.8 Å². The molecule has 0 radical (unpaired) electrons. The summed E-state index contributed by atoms with van der Waals surface area (Å²) < 4.78 is 4.74. The number of H-pyrrole nitrogens is 1. The molecule has 0 unspecified atom stereocenters. The Morgan fingerprint density at radius 1 is 1.33 bits per heavy atom.